The molecule has 0 saturated carbocycles. The standard InChI is InChI=1S/C14H13ClFNO3S/c15-11-6-7-14(12(16)8-11)21(19,20)17-9-13(18)10-4-2-1-3-5-10/h1-8,13,17-18H,9H2. The van der Waals surface area contributed by atoms with Gasteiger partial charge < -0.3 is 5.11 Å². The van der Waals surface area contributed by atoms with Crippen molar-refractivity contribution in [3.63, 3.8) is 0 Å². The maximum absolute atomic E-state index is 13.6. The van der Waals surface area contributed by atoms with Crippen LogP contribution in [0.15, 0.2) is 53.4 Å². The Kier molecular flexibility index (Phi) is 4.95. The topological polar surface area (TPSA) is 66.4 Å². The Labute approximate surface area is 127 Å². The van der Waals surface area contributed by atoms with Gasteiger partial charge in [-0.3, -0.25) is 0 Å². The number of nitrogens with one attached hydrogen (secondary N) is 1. The van der Waals surface area contributed by atoms with Crippen LogP contribution in [0.25, 0.3) is 0 Å². The summed E-state index contributed by atoms with van der Waals surface area (Å²) in [5, 5.41) is 10.0. The van der Waals surface area contributed by atoms with Gasteiger partial charge in [-0.1, -0.05) is 41.9 Å². The van der Waals surface area contributed by atoms with Crippen LogP contribution in [-0.4, -0.2) is 20.1 Å². The van der Waals surface area contributed by atoms with Gasteiger partial charge in [0, 0.05) is 11.6 Å². The fraction of sp³-hybridized carbons (Fsp3) is 0.143. The van der Waals surface area contributed by atoms with Crippen molar-refractivity contribution in [3.05, 3.63) is 64.9 Å². The molecule has 21 heavy (non-hydrogen) atoms. The molecule has 0 aliphatic carbocycles. The zero-order valence-corrected chi connectivity index (χ0v) is 12.4. The summed E-state index contributed by atoms with van der Waals surface area (Å²) in [4.78, 5) is -0.507. The molecule has 112 valence electrons. The smallest absolute Gasteiger partial charge is 0.243 e. The minimum Gasteiger partial charge on any atom is -0.387 e. The van der Waals surface area contributed by atoms with Gasteiger partial charge in [0.25, 0.3) is 0 Å². The van der Waals surface area contributed by atoms with E-state index in [1.165, 1.54) is 6.07 Å². The Balaban J connectivity index is 2.11. The molecule has 2 N–H and O–H groups in total. The van der Waals surface area contributed by atoms with Crippen LogP contribution in [-0.2, 0) is 10.0 Å². The lowest BCUT2D eigenvalue weighted by Crippen LogP contribution is -2.29. The average molecular weight is 330 g/mol. The van der Waals surface area contributed by atoms with Crippen LogP contribution in [0.3, 0.4) is 0 Å². The normalized spacial score (nSPS) is 13.1. The highest BCUT2D eigenvalue weighted by Crippen LogP contribution is 2.19. The largest absolute Gasteiger partial charge is 0.387 e. The van der Waals surface area contributed by atoms with Crippen molar-refractivity contribution >= 4 is 21.6 Å². The van der Waals surface area contributed by atoms with Crippen LogP contribution in [0.1, 0.15) is 11.7 Å². The van der Waals surface area contributed by atoms with Crippen molar-refractivity contribution < 1.29 is 17.9 Å². The first-order chi connectivity index (χ1) is 9.90. The number of rotatable bonds is 5. The van der Waals surface area contributed by atoms with E-state index in [4.69, 9.17) is 11.6 Å². The molecule has 1 unspecified atom stereocenters. The summed E-state index contributed by atoms with van der Waals surface area (Å²) in [5.74, 6) is -0.941. The summed E-state index contributed by atoms with van der Waals surface area (Å²) in [6.45, 7) is -0.256. The second kappa shape index (κ2) is 6.53. The predicted octanol–water partition coefficient (Wildman–Crippen LogP) is 2.49. The van der Waals surface area contributed by atoms with Gasteiger partial charge in [0.05, 0.1) is 6.10 Å². The predicted molar refractivity (Wildman–Crippen MR) is 78.0 cm³/mol. The molecule has 0 saturated heterocycles. The van der Waals surface area contributed by atoms with E-state index >= 15 is 0 Å². The number of aliphatic hydroxyl groups excluding tert-OH is 1. The summed E-state index contributed by atoms with van der Waals surface area (Å²) in [5.41, 5.74) is 0.566. The van der Waals surface area contributed by atoms with Crippen LogP contribution in [0.5, 0.6) is 0 Å². The van der Waals surface area contributed by atoms with E-state index in [0.29, 0.717) is 5.56 Å². The second-order valence-electron chi connectivity index (χ2n) is 4.35. The Morgan fingerprint density at radius 3 is 2.48 bits per heavy atom. The highest BCUT2D eigenvalue weighted by atomic mass is 35.5. The van der Waals surface area contributed by atoms with Crippen LogP contribution in [0.4, 0.5) is 4.39 Å². The van der Waals surface area contributed by atoms with Crippen LogP contribution in [0, 0.1) is 5.82 Å². The Bertz CT molecular complexity index is 722. The molecule has 0 spiro atoms. The Hall–Kier alpha value is -1.47. The van der Waals surface area contributed by atoms with Gasteiger partial charge in [-0.05, 0) is 23.8 Å². The van der Waals surface area contributed by atoms with E-state index in [2.05, 4.69) is 4.72 Å². The molecule has 0 radical (unpaired) electrons. The van der Waals surface area contributed by atoms with Gasteiger partial charge in [0.2, 0.25) is 10.0 Å². The summed E-state index contributed by atoms with van der Waals surface area (Å²) in [7, 11) is -4.05. The molecule has 0 heterocycles. The Morgan fingerprint density at radius 2 is 1.86 bits per heavy atom. The third-order valence-electron chi connectivity index (χ3n) is 2.83. The molecule has 4 nitrogen and oxygen atoms in total. The molecule has 2 aromatic carbocycles. The Morgan fingerprint density at radius 1 is 1.19 bits per heavy atom. The first-order valence-electron chi connectivity index (χ1n) is 6.08. The number of hydrogen-bond acceptors (Lipinski definition) is 3. The van der Waals surface area contributed by atoms with Crippen molar-refractivity contribution in [3.8, 4) is 0 Å². The van der Waals surface area contributed by atoms with Crippen molar-refractivity contribution in [2.75, 3.05) is 6.54 Å². The number of sulfonamides is 1. The summed E-state index contributed by atoms with van der Waals surface area (Å²) >= 11 is 5.58. The summed E-state index contributed by atoms with van der Waals surface area (Å²) < 4.78 is 39.8. The fourth-order valence-electron chi connectivity index (χ4n) is 1.75. The lowest BCUT2D eigenvalue weighted by atomic mass is 10.1. The molecular weight excluding hydrogens is 317 g/mol. The first-order valence-corrected chi connectivity index (χ1v) is 7.94. The fourth-order valence-corrected chi connectivity index (χ4v) is 3.01. The van der Waals surface area contributed by atoms with E-state index in [9.17, 15) is 17.9 Å². The lowest BCUT2D eigenvalue weighted by Gasteiger charge is -2.13. The molecule has 2 aromatic rings. The third kappa shape index (κ3) is 4.01. The van der Waals surface area contributed by atoms with Gasteiger partial charge in [-0.2, -0.15) is 0 Å². The minimum absolute atomic E-state index is 0.107. The van der Waals surface area contributed by atoms with Crippen molar-refractivity contribution in [2.45, 2.75) is 11.0 Å². The molecule has 7 heteroatoms. The summed E-state index contributed by atoms with van der Waals surface area (Å²) in [6, 6.07) is 11.9. The van der Waals surface area contributed by atoms with Gasteiger partial charge in [-0.25, -0.2) is 17.5 Å². The first kappa shape index (κ1) is 15.9. The van der Waals surface area contributed by atoms with Gasteiger partial charge >= 0.3 is 0 Å². The number of aliphatic hydroxyl groups is 1. The molecule has 0 aromatic heterocycles. The van der Waals surface area contributed by atoms with E-state index < -0.39 is 26.8 Å². The van der Waals surface area contributed by atoms with Gasteiger partial charge in [0.15, 0.2) is 0 Å². The number of benzene rings is 2. The van der Waals surface area contributed by atoms with E-state index in [1.807, 2.05) is 0 Å². The zero-order valence-electron chi connectivity index (χ0n) is 10.8. The molecule has 1 atom stereocenters. The highest BCUT2D eigenvalue weighted by molar-refractivity contribution is 7.89. The van der Waals surface area contributed by atoms with E-state index in [1.54, 1.807) is 30.3 Å². The molecular formula is C14H13ClFNO3S. The van der Waals surface area contributed by atoms with E-state index in [0.717, 1.165) is 12.1 Å². The van der Waals surface area contributed by atoms with Crippen LogP contribution >= 0.6 is 11.6 Å². The minimum atomic E-state index is -4.05. The lowest BCUT2D eigenvalue weighted by molar-refractivity contribution is 0.182. The molecule has 0 bridgehead atoms. The molecule has 0 fully saturated rings. The monoisotopic (exact) mass is 329 g/mol. The highest BCUT2D eigenvalue weighted by Gasteiger charge is 2.20. The van der Waals surface area contributed by atoms with E-state index in [-0.39, 0.29) is 11.6 Å². The van der Waals surface area contributed by atoms with Gasteiger partial charge in [0.1, 0.15) is 10.7 Å². The van der Waals surface area contributed by atoms with Crippen molar-refractivity contribution in [1.82, 2.24) is 4.72 Å². The molecule has 2 rings (SSSR count). The second-order valence-corrected chi connectivity index (χ2v) is 6.52. The van der Waals surface area contributed by atoms with Crippen molar-refractivity contribution in [2.24, 2.45) is 0 Å². The van der Waals surface area contributed by atoms with Crippen LogP contribution < -0.4 is 4.72 Å². The quantitative estimate of drug-likeness (QED) is 0.885. The molecule has 0 amide bonds. The van der Waals surface area contributed by atoms with Gasteiger partial charge in [-0.15, -0.1) is 0 Å². The molecule has 0 aliphatic heterocycles. The van der Waals surface area contributed by atoms with Crippen molar-refractivity contribution in [1.29, 1.82) is 0 Å². The number of halogens is 2. The molecule has 0 aliphatic rings. The van der Waals surface area contributed by atoms with Crippen LogP contribution in [0.2, 0.25) is 5.02 Å². The maximum Gasteiger partial charge on any atom is 0.243 e. The third-order valence-corrected chi connectivity index (χ3v) is 4.53. The maximum atomic E-state index is 13.6. The SMILES string of the molecule is O=S(=O)(NCC(O)c1ccccc1)c1ccc(Cl)cc1F. The number of hydrogen-bond donors (Lipinski definition) is 2. The summed E-state index contributed by atoms with van der Waals surface area (Å²) in [6.07, 6.45) is -1.02. The zero-order chi connectivity index (χ0) is 15.5. The average Bonchev–Trinajstić information content (AvgIpc) is 2.45.